The van der Waals surface area contributed by atoms with E-state index in [0.29, 0.717) is 12.7 Å². The standard InChI is InChI=1S/C12H13N5O6/c13-10-7-11(17(4-20)6(2-19)15-10)16(3-14-7)12-9(22)8(21)5(1-18)23-12/h2-5,8-9,12-13,18,21-22H,1H2/t5-,8-,9-,12-/m1/s1. The number of rotatable bonds is 4. The van der Waals surface area contributed by atoms with E-state index in [2.05, 4.69) is 9.97 Å². The smallest absolute Gasteiger partial charge is 0.221 e. The minimum absolute atomic E-state index is 0.0111. The number of aldehydes is 1. The number of hydrogen-bond acceptors (Lipinski definition) is 9. The van der Waals surface area contributed by atoms with Gasteiger partial charge < -0.3 is 20.1 Å². The molecule has 0 aromatic carbocycles. The van der Waals surface area contributed by atoms with E-state index < -0.39 is 31.1 Å². The van der Waals surface area contributed by atoms with Crippen molar-refractivity contribution in [2.24, 2.45) is 0 Å². The Bertz CT molecular complexity index is 829. The van der Waals surface area contributed by atoms with Gasteiger partial charge in [0.15, 0.2) is 35.0 Å². The van der Waals surface area contributed by atoms with Crippen molar-refractivity contribution in [3.63, 3.8) is 0 Å². The summed E-state index contributed by atoms with van der Waals surface area (Å²) >= 11 is 0. The van der Waals surface area contributed by atoms with Crippen molar-refractivity contribution in [3.8, 4) is 0 Å². The fourth-order valence-electron chi connectivity index (χ4n) is 2.57. The molecule has 0 amide bonds. The van der Waals surface area contributed by atoms with Gasteiger partial charge in [0.25, 0.3) is 0 Å². The quantitative estimate of drug-likeness (QED) is 0.437. The van der Waals surface area contributed by atoms with Crippen LogP contribution in [0.25, 0.3) is 11.2 Å². The van der Waals surface area contributed by atoms with Crippen LogP contribution >= 0.6 is 0 Å². The molecule has 1 fully saturated rings. The maximum Gasteiger partial charge on any atom is 0.221 e. The summed E-state index contributed by atoms with van der Waals surface area (Å²) in [7, 11) is 0. The second-order valence-electron chi connectivity index (χ2n) is 4.96. The number of imidazole rings is 1. The van der Waals surface area contributed by atoms with Gasteiger partial charge in [-0.3, -0.25) is 19.6 Å². The van der Waals surface area contributed by atoms with Gasteiger partial charge in [0.05, 0.1) is 12.9 Å². The molecule has 1 aliphatic rings. The van der Waals surface area contributed by atoms with Gasteiger partial charge >= 0.3 is 0 Å². The molecule has 0 spiro atoms. The van der Waals surface area contributed by atoms with E-state index in [1.807, 2.05) is 0 Å². The summed E-state index contributed by atoms with van der Waals surface area (Å²) in [5.41, 5.74) is -0.303. The number of nitrogens with zero attached hydrogens (tertiary/aromatic N) is 4. The van der Waals surface area contributed by atoms with E-state index in [1.54, 1.807) is 0 Å². The number of aromatic nitrogens is 4. The highest BCUT2D eigenvalue weighted by Crippen LogP contribution is 2.31. The molecular formula is C12H13N5O6. The normalized spacial score (nSPS) is 27.4. The van der Waals surface area contributed by atoms with Gasteiger partial charge in [-0.05, 0) is 0 Å². The van der Waals surface area contributed by atoms with Gasteiger partial charge in [0, 0.05) is 0 Å². The summed E-state index contributed by atoms with van der Waals surface area (Å²) in [6.45, 7) is -0.514. The van der Waals surface area contributed by atoms with E-state index in [0.717, 1.165) is 4.57 Å². The van der Waals surface area contributed by atoms with Crippen LogP contribution in [0.5, 0.6) is 0 Å². The second-order valence-corrected chi connectivity index (χ2v) is 4.96. The molecule has 11 heteroatoms. The van der Waals surface area contributed by atoms with Crippen molar-refractivity contribution < 1.29 is 29.6 Å². The Morgan fingerprint density at radius 2 is 2.09 bits per heavy atom. The van der Waals surface area contributed by atoms with Crippen molar-refractivity contribution in [1.82, 2.24) is 19.1 Å². The molecule has 23 heavy (non-hydrogen) atoms. The number of carbonyl (C=O) groups excluding carboxylic acids is 2. The molecule has 4 atom stereocenters. The Morgan fingerprint density at radius 1 is 1.35 bits per heavy atom. The summed E-state index contributed by atoms with van der Waals surface area (Å²) in [4.78, 5) is 30.0. The molecular weight excluding hydrogens is 310 g/mol. The van der Waals surface area contributed by atoms with Gasteiger partial charge in [-0.15, -0.1) is 0 Å². The van der Waals surface area contributed by atoms with Gasteiger partial charge in [-0.25, -0.2) is 14.5 Å². The monoisotopic (exact) mass is 323 g/mol. The predicted octanol–water partition coefficient (Wildman–Crippen LogP) is -2.83. The highest BCUT2D eigenvalue weighted by molar-refractivity contribution is 5.84. The van der Waals surface area contributed by atoms with Crippen LogP contribution in [0.2, 0.25) is 0 Å². The zero-order valence-corrected chi connectivity index (χ0v) is 11.6. The lowest BCUT2D eigenvalue weighted by molar-refractivity contribution is -0.0512. The number of nitrogens with one attached hydrogen (secondary N) is 1. The Balaban J connectivity index is 2.23. The zero-order valence-electron chi connectivity index (χ0n) is 11.6. The maximum atomic E-state index is 11.3. The largest absolute Gasteiger partial charge is 0.394 e. The first kappa shape index (κ1) is 15.4. The average Bonchev–Trinajstić information content (AvgIpc) is 3.10. The summed E-state index contributed by atoms with van der Waals surface area (Å²) in [5, 5.41) is 36.8. The number of carbonyl (C=O) groups is 2. The van der Waals surface area contributed by atoms with Crippen molar-refractivity contribution in [2.75, 3.05) is 6.61 Å². The highest BCUT2D eigenvalue weighted by Gasteiger charge is 2.44. The first-order chi connectivity index (χ1) is 11.0. The lowest BCUT2D eigenvalue weighted by Crippen LogP contribution is -2.33. The van der Waals surface area contributed by atoms with Crippen LogP contribution in [-0.2, 0) is 9.53 Å². The number of fused-ring (bicyclic) bond motifs is 1. The topological polar surface area (TPSA) is 164 Å². The molecule has 1 saturated heterocycles. The molecule has 0 aliphatic carbocycles. The Morgan fingerprint density at radius 3 is 2.65 bits per heavy atom. The van der Waals surface area contributed by atoms with E-state index in [9.17, 15) is 19.8 Å². The first-order valence-corrected chi connectivity index (χ1v) is 6.60. The lowest BCUT2D eigenvalue weighted by Gasteiger charge is -2.18. The summed E-state index contributed by atoms with van der Waals surface area (Å²) in [6, 6.07) is 0. The van der Waals surface area contributed by atoms with Gasteiger partial charge in [0.1, 0.15) is 18.3 Å². The fraction of sp³-hybridized carbons (Fsp3) is 0.417. The number of aliphatic hydroxyl groups excluding tert-OH is 3. The molecule has 2 aromatic heterocycles. The zero-order chi connectivity index (χ0) is 16.7. The van der Waals surface area contributed by atoms with Crippen LogP contribution in [-0.4, -0.2) is 72.0 Å². The van der Waals surface area contributed by atoms with E-state index in [-0.39, 0.29) is 22.5 Å². The molecule has 11 nitrogen and oxygen atoms in total. The van der Waals surface area contributed by atoms with Crippen LogP contribution in [0.4, 0.5) is 0 Å². The van der Waals surface area contributed by atoms with Gasteiger partial charge in [-0.2, -0.15) is 0 Å². The van der Waals surface area contributed by atoms with Crippen LogP contribution in [0.1, 0.15) is 16.8 Å². The molecule has 4 N–H and O–H groups in total. The minimum atomic E-state index is -1.40. The van der Waals surface area contributed by atoms with Crippen molar-refractivity contribution in [1.29, 1.82) is 5.41 Å². The molecule has 1 aliphatic heterocycles. The third-order valence-electron chi connectivity index (χ3n) is 3.70. The average molecular weight is 323 g/mol. The Kier molecular flexibility index (Phi) is 3.77. The molecule has 0 radical (unpaired) electrons. The molecule has 0 unspecified atom stereocenters. The van der Waals surface area contributed by atoms with Gasteiger partial charge in [-0.1, -0.05) is 0 Å². The summed E-state index contributed by atoms with van der Waals surface area (Å²) in [6.07, 6.45) is -3.08. The van der Waals surface area contributed by atoms with Crippen molar-refractivity contribution >= 4 is 23.9 Å². The summed E-state index contributed by atoms with van der Waals surface area (Å²) < 4.78 is 7.45. The van der Waals surface area contributed by atoms with Crippen LogP contribution in [0.3, 0.4) is 0 Å². The van der Waals surface area contributed by atoms with Crippen molar-refractivity contribution in [2.45, 2.75) is 24.5 Å². The van der Waals surface area contributed by atoms with E-state index >= 15 is 0 Å². The van der Waals surface area contributed by atoms with E-state index in [4.69, 9.17) is 15.3 Å². The van der Waals surface area contributed by atoms with Crippen LogP contribution in [0.15, 0.2) is 6.33 Å². The van der Waals surface area contributed by atoms with E-state index in [1.165, 1.54) is 10.9 Å². The molecule has 2 aromatic rings. The molecule has 3 heterocycles. The summed E-state index contributed by atoms with van der Waals surface area (Å²) in [5.74, 6) is -0.314. The molecule has 3 rings (SSSR count). The Labute approximate surface area is 127 Å². The maximum absolute atomic E-state index is 11.3. The number of ether oxygens (including phenoxy) is 1. The first-order valence-electron chi connectivity index (χ1n) is 6.60. The Hall–Kier alpha value is -2.47. The highest BCUT2D eigenvalue weighted by atomic mass is 16.6. The fourth-order valence-corrected chi connectivity index (χ4v) is 2.57. The predicted molar refractivity (Wildman–Crippen MR) is 71.9 cm³/mol. The van der Waals surface area contributed by atoms with Crippen LogP contribution < -0.4 is 5.49 Å². The van der Waals surface area contributed by atoms with Gasteiger partial charge in [0.2, 0.25) is 6.41 Å². The van der Waals surface area contributed by atoms with Crippen LogP contribution in [0, 0.1) is 5.41 Å². The number of hydrogen-bond donors (Lipinski definition) is 4. The minimum Gasteiger partial charge on any atom is -0.394 e. The SMILES string of the molecule is N=c1nc(C=O)n(C=O)c2c1ncn2[C@@H]1O[C@H](CO)[C@@H](O)[C@H]1O. The molecule has 122 valence electrons. The third-order valence-corrected chi connectivity index (χ3v) is 3.70. The molecule has 0 saturated carbocycles. The third kappa shape index (κ3) is 2.17. The van der Waals surface area contributed by atoms with Crippen molar-refractivity contribution in [3.05, 3.63) is 17.6 Å². The number of aliphatic hydroxyl groups is 3. The molecule has 0 bridgehead atoms. The second kappa shape index (κ2) is 5.62. The lowest BCUT2D eigenvalue weighted by atomic mass is 10.1.